The number of halogens is 1. The molecule has 0 aliphatic carbocycles. The second-order valence-electron chi connectivity index (χ2n) is 10.4. The molecule has 0 radical (unpaired) electrons. The number of piperidine rings is 1. The third-order valence-electron chi connectivity index (χ3n) is 7.98. The molecule has 1 amide bonds. The highest BCUT2D eigenvalue weighted by Crippen LogP contribution is 2.38. The number of pyridine rings is 1. The summed E-state index contributed by atoms with van der Waals surface area (Å²) in [6.45, 7) is 2.43. The van der Waals surface area contributed by atoms with E-state index in [4.69, 9.17) is 11.5 Å². The smallest absolute Gasteiger partial charge is 0.268 e. The second-order valence-corrected chi connectivity index (χ2v) is 10.4. The van der Waals surface area contributed by atoms with Gasteiger partial charge in [0.2, 0.25) is 0 Å². The van der Waals surface area contributed by atoms with Crippen LogP contribution in [0.5, 0.6) is 0 Å². The Morgan fingerprint density at radius 2 is 1.79 bits per heavy atom. The normalized spacial score (nSPS) is 14.4. The largest absolute Gasteiger partial charge is 0.395 e. The molecule has 214 valence electrons. The number of aromatic nitrogens is 4. The fraction of sp³-hybridized carbons (Fsp3) is 0.226. The number of nitrogens with two attached hydrogens (primary N) is 2. The van der Waals surface area contributed by atoms with Crippen LogP contribution in [-0.2, 0) is 0 Å². The number of fused-ring (bicyclic) bond motifs is 1. The van der Waals surface area contributed by atoms with E-state index in [2.05, 4.69) is 15.0 Å². The number of rotatable bonds is 7. The van der Waals surface area contributed by atoms with E-state index in [1.165, 1.54) is 17.0 Å². The summed E-state index contributed by atoms with van der Waals surface area (Å²) in [4.78, 5) is 32.1. The molecule has 1 aliphatic heterocycles. The monoisotopic (exact) mass is 567 g/mol. The number of primary amides is 1. The summed E-state index contributed by atoms with van der Waals surface area (Å²) in [5.41, 5.74) is 14.5. The predicted octanol–water partition coefficient (Wildman–Crippen LogP) is 3.21. The van der Waals surface area contributed by atoms with Gasteiger partial charge in [-0.05, 0) is 61.8 Å². The van der Waals surface area contributed by atoms with Crippen LogP contribution in [-0.4, -0.2) is 61.3 Å². The Morgan fingerprint density at radius 1 is 1.02 bits per heavy atom. The Hall–Kier alpha value is -4.87. The van der Waals surface area contributed by atoms with Crippen LogP contribution in [0.1, 0.15) is 34.8 Å². The molecule has 5 aromatic rings. The molecule has 5 N–H and O–H groups in total. The number of β-amino-alcohol motifs (C(OH)–C–C–N with tert-alkyl or cyclic N) is 1. The van der Waals surface area contributed by atoms with Gasteiger partial charge in [-0.25, -0.2) is 13.9 Å². The highest BCUT2D eigenvalue weighted by atomic mass is 19.1. The van der Waals surface area contributed by atoms with Crippen LogP contribution in [0.15, 0.2) is 78.0 Å². The molecule has 0 saturated carbocycles. The average Bonchev–Trinajstić information content (AvgIpc) is 3.38. The summed E-state index contributed by atoms with van der Waals surface area (Å²) in [6, 6.07) is 16.9. The van der Waals surface area contributed by atoms with E-state index >= 15 is 4.39 Å². The van der Waals surface area contributed by atoms with E-state index in [9.17, 15) is 14.7 Å². The van der Waals surface area contributed by atoms with Crippen LogP contribution >= 0.6 is 0 Å². The quantitative estimate of drug-likeness (QED) is 0.274. The lowest BCUT2D eigenvalue weighted by atomic mass is 9.92. The standard InChI is InChI=1S/C31H30FN7O3/c32-25-16-20(22-10-13-38(21-4-2-1-3-5-21)31(42)27(22)30(34)41)6-7-23(25)24-17-26(39-28(24)29(33)35-18-36-39)19-8-11-37(12-9-19)14-15-40/h1-7,10,13,16-19,40H,8-9,11-12,14-15H2,(H2,34,41)(H2,33,35,36). The summed E-state index contributed by atoms with van der Waals surface area (Å²) < 4.78 is 19.0. The molecule has 4 heterocycles. The number of carbonyl (C=O) groups is 1. The SMILES string of the molecule is NC(=O)c1c(-c2ccc(-c3cc(C4CCN(CCO)CC4)n4ncnc(N)c34)c(F)c2)ccn(-c2ccccc2)c1=O. The molecule has 0 spiro atoms. The van der Waals surface area contributed by atoms with Crippen LogP contribution < -0.4 is 17.0 Å². The lowest BCUT2D eigenvalue weighted by molar-refractivity contribution is 0.0999. The van der Waals surface area contributed by atoms with Crippen molar-refractivity contribution in [2.45, 2.75) is 18.8 Å². The van der Waals surface area contributed by atoms with E-state index in [1.54, 1.807) is 53.2 Å². The molecule has 42 heavy (non-hydrogen) atoms. The van der Waals surface area contributed by atoms with E-state index in [0.717, 1.165) is 31.6 Å². The van der Waals surface area contributed by atoms with Gasteiger partial charge in [-0.2, -0.15) is 5.10 Å². The third kappa shape index (κ3) is 4.82. The van der Waals surface area contributed by atoms with Gasteiger partial charge >= 0.3 is 0 Å². The molecular formula is C31H30FN7O3. The zero-order valence-electron chi connectivity index (χ0n) is 22.8. The van der Waals surface area contributed by atoms with E-state index < -0.39 is 17.3 Å². The topological polar surface area (TPSA) is 145 Å². The molecule has 0 unspecified atom stereocenters. The Balaban J connectivity index is 1.41. The summed E-state index contributed by atoms with van der Waals surface area (Å²) in [6.07, 6.45) is 4.66. The fourth-order valence-electron chi connectivity index (χ4n) is 5.89. The molecule has 0 atom stereocenters. The fourth-order valence-corrected chi connectivity index (χ4v) is 5.89. The lowest BCUT2D eigenvalue weighted by Gasteiger charge is -2.31. The van der Waals surface area contributed by atoms with Gasteiger partial charge in [-0.15, -0.1) is 0 Å². The minimum absolute atomic E-state index is 0.120. The van der Waals surface area contributed by atoms with Gasteiger partial charge in [-0.1, -0.05) is 30.3 Å². The van der Waals surface area contributed by atoms with E-state index in [-0.39, 0.29) is 29.5 Å². The van der Waals surface area contributed by atoms with Crippen molar-refractivity contribution in [2.75, 3.05) is 32.0 Å². The van der Waals surface area contributed by atoms with Crippen molar-refractivity contribution in [3.8, 4) is 27.9 Å². The maximum Gasteiger partial charge on any atom is 0.268 e. The number of para-hydroxylation sites is 1. The van der Waals surface area contributed by atoms with Crippen molar-refractivity contribution in [1.29, 1.82) is 0 Å². The molecule has 1 aliphatic rings. The summed E-state index contributed by atoms with van der Waals surface area (Å²) in [5.74, 6) is -1.06. The van der Waals surface area contributed by atoms with Gasteiger partial charge in [-0.3, -0.25) is 14.2 Å². The summed E-state index contributed by atoms with van der Waals surface area (Å²) in [7, 11) is 0. The number of amides is 1. The van der Waals surface area contributed by atoms with Gasteiger partial charge in [0.05, 0.1) is 6.61 Å². The number of nitrogen functional groups attached to an aromatic ring is 1. The number of aliphatic hydroxyl groups is 1. The van der Waals surface area contributed by atoms with Crippen molar-refractivity contribution in [3.63, 3.8) is 0 Å². The first-order valence-electron chi connectivity index (χ1n) is 13.7. The van der Waals surface area contributed by atoms with Crippen LogP contribution in [0, 0.1) is 5.82 Å². The molecule has 10 nitrogen and oxygen atoms in total. The van der Waals surface area contributed by atoms with Gasteiger partial charge in [0, 0.05) is 46.7 Å². The van der Waals surface area contributed by atoms with Gasteiger partial charge in [0.1, 0.15) is 23.2 Å². The molecule has 1 fully saturated rings. The first kappa shape index (κ1) is 27.3. The Labute approximate surface area is 240 Å². The molecule has 11 heteroatoms. The first-order chi connectivity index (χ1) is 20.4. The van der Waals surface area contributed by atoms with Gasteiger partial charge in [0.25, 0.3) is 11.5 Å². The summed E-state index contributed by atoms with van der Waals surface area (Å²) in [5, 5.41) is 13.7. The highest BCUT2D eigenvalue weighted by molar-refractivity contribution is 6.00. The first-order valence-corrected chi connectivity index (χ1v) is 13.7. The second kappa shape index (κ2) is 11.2. The van der Waals surface area contributed by atoms with Crippen LogP contribution in [0.3, 0.4) is 0 Å². The van der Waals surface area contributed by atoms with Crippen molar-refractivity contribution in [2.24, 2.45) is 5.73 Å². The molecular weight excluding hydrogens is 537 g/mol. The van der Waals surface area contributed by atoms with Crippen LogP contribution in [0.25, 0.3) is 33.5 Å². The third-order valence-corrected chi connectivity index (χ3v) is 7.98. The van der Waals surface area contributed by atoms with Crippen LogP contribution in [0.4, 0.5) is 10.2 Å². The number of aliphatic hydroxyl groups excluding tert-OH is 1. The summed E-state index contributed by atoms with van der Waals surface area (Å²) >= 11 is 0. The number of nitrogens with zero attached hydrogens (tertiary/aromatic N) is 5. The molecule has 6 rings (SSSR count). The molecule has 1 saturated heterocycles. The number of likely N-dealkylation sites (tertiary alicyclic amines) is 1. The minimum atomic E-state index is -0.900. The number of carbonyl (C=O) groups excluding carboxylic acids is 1. The Morgan fingerprint density at radius 3 is 2.48 bits per heavy atom. The van der Waals surface area contributed by atoms with Crippen molar-refractivity contribution in [3.05, 3.63) is 101 Å². The minimum Gasteiger partial charge on any atom is -0.395 e. The van der Waals surface area contributed by atoms with E-state index in [1.807, 2.05) is 12.1 Å². The van der Waals surface area contributed by atoms with Crippen molar-refractivity contribution >= 4 is 17.2 Å². The maximum atomic E-state index is 15.9. The zero-order chi connectivity index (χ0) is 29.4. The number of hydrogen-bond donors (Lipinski definition) is 3. The molecule has 0 bridgehead atoms. The number of hydrogen-bond acceptors (Lipinski definition) is 7. The van der Waals surface area contributed by atoms with Crippen molar-refractivity contribution in [1.82, 2.24) is 24.1 Å². The average molecular weight is 568 g/mol. The molecule has 2 aromatic carbocycles. The van der Waals surface area contributed by atoms with E-state index in [0.29, 0.717) is 34.4 Å². The molecule has 3 aromatic heterocycles. The Kier molecular flexibility index (Phi) is 7.27. The Bertz CT molecular complexity index is 1840. The van der Waals surface area contributed by atoms with Gasteiger partial charge < -0.3 is 21.5 Å². The predicted molar refractivity (Wildman–Crippen MR) is 158 cm³/mol. The van der Waals surface area contributed by atoms with Crippen molar-refractivity contribution < 1.29 is 14.3 Å². The number of anilines is 1. The maximum absolute atomic E-state index is 15.9. The zero-order valence-corrected chi connectivity index (χ0v) is 22.8. The lowest BCUT2D eigenvalue weighted by Crippen LogP contribution is -2.35. The number of benzene rings is 2. The van der Waals surface area contributed by atoms with Crippen LogP contribution in [0.2, 0.25) is 0 Å². The van der Waals surface area contributed by atoms with Gasteiger partial charge in [0.15, 0.2) is 5.82 Å². The highest BCUT2D eigenvalue weighted by Gasteiger charge is 2.27.